The lowest BCUT2D eigenvalue weighted by Gasteiger charge is -2.22. The summed E-state index contributed by atoms with van der Waals surface area (Å²) in [5.41, 5.74) is 7.14. The second-order valence-electron chi connectivity index (χ2n) is 7.87. The second-order valence-corrected chi connectivity index (χ2v) is 7.87. The number of amides is 2. The Kier molecular flexibility index (Phi) is 6.99. The molecule has 2 amide bonds. The Morgan fingerprint density at radius 2 is 1.67 bits per heavy atom. The summed E-state index contributed by atoms with van der Waals surface area (Å²) >= 11 is 0. The van der Waals surface area contributed by atoms with Gasteiger partial charge in [0.1, 0.15) is 12.4 Å². The molecule has 1 atom stereocenters. The molecule has 3 N–H and O–H groups in total. The first kappa shape index (κ1) is 20.5. The first-order valence-electron chi connectivity index (χ1n) is 9.07. The first-order valence-corrected chi connectivity index (χ1v) is 9.07. The highest BCUT2D eigenvalue weighted by Gasteiger charge is 2.21. The average molecular weight is 368 g/mol. The van der Waals surface area contributed by atoms with Gasteiger partial charge in [0.2, 0.25) is 11.8 Å². The van der Waals surface area contributed by atoms with E-state index in [-0.39, 0.29) is 17.7 Å². The maximum absolute atomic E-state index is 12.3. The fourth-order valence-electron chi connectivity index (χ4n) is 2.72. The van der Waals surface area contributed by atoms with Crippen LogP contribution < -0.4 is 15.8 Å². The van der Waals surface area contributed by atoms with Gasteiger partial charge in [-0.05, 0) is 28.7 Å². The van der Waals surface area contributed by atoms with Crippen molar-refractivity contribution in [3.05, 3.63) is 65.7 Å². The minimum atomic E-state index is -0.458. The van der Waals surface area contributed by atoms with Crippen LogP contribution in [0.15, 0.2) is 54.6 Å². The summed E-state index contributed by atoms with van der Waals surface area (Å²) in [4.78, 5) is 23.7. The molecule has 2 aromatic rings. The molecule has 2 aromatic carbocycles. The molecule has 0 radical (unpaired) electrons. The van der Waals surface area contributed by atoms with Gasteiger partial charge in [0.05, 0.1) is 12.5 Å². The van der Waals surface area contributed by atoms with E-state index in [2.05, 4.69) is 5.32 Å². The van der Waals surface area contributed by atoms with E-state index in [1.54, 1.807) is 0 Å². The minimum absolute atomic E-state index is 0.0557. The first-order chi connectivity index (χ1) is 12.7. The monoisotopic (exact) mass is 368 g/mol. The van der Waals surface area contributed by atoms with E-state index in [1.165, 1.54) is 0 Å². The highest BCUT2D eigenvalue weighted by atomic mass is 16.5. The van der Waals surface area contributed by atoms with Crippen LogP contribution in [0.5, 0.6) is 5.75 Å². The zero-order valence-electron chi connectivity index (χ0n) is 16.2. The fourth-order valence-corrected chi connectivity index (χ4v) is 2.72. The third kappa shape index (κ3) is 7.52. The normalized spacial score (nSPS) is 12.3. The van der Waals surface area contributed by atoms with Crippen molar-refractivity contribution in [1.29, 1.82) is 0 Å². The van der Waals surface area contributed by atoms with Crippen molar-refractivity contribution in [2.24, 2.45) is 11.1 Å². The zero-order chi connectivity index (χ0) is 19.9. The molecule has 0 aliphatic carbocycles. The fraction of sp³-hybridized carbons (Fsp3) is 0.364. The van der Waals surface area contributed by atoms with Crippen LogP contribution >= 0.6 is 0 Å². The topological polar surface area (TPSA) is 81.4 Å². The summed E-state index contributed by atoms with van der Waals surface area (Å²) < 4.78 is 5.78. The van der Waals surface area contributed by atoms with Crippen LogP contribution in [0.2, 0.25) is 0 Å². The van der Waals surface area contributed by atoms with Gasteiger partial charge in [-0.2, -0.15) is 0 Å². The van der Waals surface area contributed by atoms with E-state index in [0.717, 1.165) is 16.9 Å². The SMILES string of the molecule is CC(C)(C)CC(=O)NC(CC(N)=O)c1ccc(OCc2ccccc2)cc1. The Labute approximate surface area is 160 Å². The van der Waals surface area contributed by atoms with Gasteiger partial charge in [0.25, 0.3) is 0 Å². The molecule has 144 valence electrons. The van der Waals surface area contributed by atoms with E-state index in [9.17, 15) is 9.59 Å². The molecular formula is C22H28N2O3. The number of hydrogen-bond acceptors (Lipinski definition) is 3. The Balaban J connectivity index is 2.02. The molecule has 0 spiro atoms. The van der Waals surface area contributed by atoms with Crippen molar-refractivity contribution in [3.63, 3.8) is 0 Å². The van der Waals surface area contributed by atoms with Gasteiger partial charge >= 0.3 is 0 Å². The number of nitrogens with two attached hydrogens (primary N) is 1. The highest BCUT2D eigenvalue weighted by molar-refractivity contribution is 5.79. The van der Waals surface area contributed by atoms with Crippen LogP contribution in [-0.2, 0) is 16.2 Å². The van der Waals surface area contributed by atoms with Crippen LogP contribution in [0.1, 0.15) is 50.8 Å². The van der Waals surface area contributed by atoms with Gasteiger partial charge in [-0.1, -0.05) is 63.2 Å². The molecule has 27 heavy (non-hydrogen) atoms. The van der Waals surface area contributed by atoms with Gasteiger partial charge in [-0.15, -0.1) is 0 Å². The molecule has 5 nitrogen and oxygen atoms in total. The number of carbonyl (C=O) groups excluding carboxylic acids is 2. The highest BCUT2D eigenvalue weighted by Crippen LogP contribution is 2.23. The predicted octanol–water partition coefficient (Wildman–Crippen LogP) is 3.73. The van der Waals surface area contributed by atoms with E-state index in [0.29, 0.717) is 13.0 Å². The maximum atomic E-state index is 12.3. The van der Waals surface area contributed by atoms with Crippen molar-refractivity contribution < 1.29 is 14.3 Å². The van der Waals surface area contributed by atoms with Gasteiger partial charge in [-0.25, -0.2) is 0 Å². The number of nitrogens with one attached hydrogen (secondary N) is 1. The van der Waals surface area contributed by atoms with Crippen LogP contribution in [0, 0.1) is 5.41 Å². The van der Waals surface area contributed by atoms with Gasteiger partial charge in [0, 0.05) is 6.42 Å². The molecule has 0 aliphatic rings. The molecule has 0 fully saturated rings. The smallest absolute Gasteiger partial charge is 0.221 e. The Morgan fingerprint density at radius 1 is 1.04 bits per heavy atom. The molecule has 2 rings (SSSR count). The summed E-state index contributed by atoms with van der Waals surface area (Å²) in [5.74, 6) is 0.167. The summed E-state index contributed by atoms with van der Waals surface area (Å²) in [6, 6.07) is 16.8. The van der Waals surface area contributed by atoms with Gasteiger partial charge in [0.15, 0.2) is 0 Å². The zero-order valence-corrected chi connectivity index (χ0v) is 16.2. The molecular weight excluding hydrogens is 340 g/mol. The lowest BCUT2D eigenvalue weighted by Crippen LogP contribution is -2.33. The molecule has 0 saturated carbocycles. The van der Waals surface area contributed by atoms with Gasteiger partial charge < -0.3 is 15.8 Å². The minimum Gasteiger partial charge on any atom is -0.489 e. The van der Waals surface area contributed by atoms with E-state index < -0.39 is 11.9 Å². The Hall–Kier alpha value is -2.82. The molecule has 5 heteroatoms. The Morgan fingerprint density at radius 3 is 2.22 bits per heavy atom. The molecule has 1 unspecified atom stereocenters. The number of carbonyl (C=O) groups is 2. The third-order valence-corrected chi connectivity index (χ3v) is 3.96. The van der Waals surface area contributed by atoms with Crippen LogP contribution in [0.25, 0.3) is 0 Å². The Bertz CT molecular complexity index is 749. The van der Waals surface area contributed by atoms with Crippen molar-refractivity contribution in [2.75, 3.05) is 0 Å². The van der Waals surface area contributed by atoms with Crippen molar-refractivity contribution in [2.45, 2.75) is 46.3 Å². The van der Waals surface area contributed by atoms with Crippen molar-refractivity contribution >= 4 is 11.8 Å². The largest absolute Gasteiger partial charge is 0.489 e. The quantitative estimate of drug-likeness (QED) is 0.745. The van der Waals surface area contributed by atoms with E-state index in [4.69, 9.17) is 10.5 Å². The number of rotatable bonds is 8. The number of benzene rings is 2. The lowest BCUT2D eigenvalue weighted by molar-refractivity contribution is -0.124. The van der Waals surface area contributed by atoms with E-state index >= 15 is 0 Å². The maximum Gasteiger partial charge on any atom is 0.221 e. The summed E-state index contributed by atoms with van der Waals surface area (Å²) in [6.07, 6.45) is 0.431. The standard InChI is InChI=1S/C22H28N2O3/c1-22(2,3)14-21(26)24-19(13-20(23)25)17-9-11-18(12-10-17)27-15-16-7-5-4-6-8-16/h4-12,19H,13-15H2,1-3H3,(H2,23,25)(H,24,26). The summed E-state index contributed by atoms with van der Waals surface area (Å²) in [5, 5.41) is 2.92. The van der Waals surface area contributed by atoms with Crippen LogP contribution in [0.4, 0.5) is 0 Å². The van der Waals surface area contributed by atoms with E-state index in [1.807, 2.05) is 75.4 Å². The number of hydrogen-bond donors (Lipinski definition) is 2. The summed E-state index contributed by atoms with van der Waals surface area (Å²) in [6.45, 7) is 6.46. The average Bonchev–Trinajstić information content (AvgIpc) is 2.59. The summed E-state index contributed by atoms with van der Waals surface area (Å²) in [7, 11) is 0. The second kappa shape index (κ2) is 9.21. The molecule has 0 bridgehead atoms. The van der Waals surface area contributed by atoms with Gasteiger partial charge in [-0.3, -0.25) is 9.59 Å². The lowest BCUT2D eigenvalue weighted by atomic mass is 9.91. The molecule has 0 heterocycles. The van der Waals surface area contributed by atoms with Crippen LogP contribution in [0.3, 0.4) is 0 Å². The predicted molar refractivity (Wildman–Crippen MR) is 106 cm³/mol. The van der Waals surface area contributed by atoms with Crippen LogP contribution in [-0.4, -0.2) is 11.8 Å². The molecule has 0 saturated heterocycles. The van der Waals surface area contributed by atoms with Crippen molar-refractivity contribution in [1.82, 2.24) is 5.32 Å². The molecule has 0 aromatic heterocycles. The number of primary amides is 1. The number of ether oxygens (including phenoxy) is 1. The molecule has 0 aliphatic heterocycles. The third-order valence-electron chi connectivity index (χ3n) is 3.96. The van der Waals surface area contributed by atoms with Crippen molar-refractivity contribution in [3.8, 4) is 5.75 Å².